The van der Waals surface area contributed by atoms with E-state index in [4.69, 9.17) is 0 Å². The molecule has 5 rings (SSSR count). The SMILES string of the molecule is CN[C@@H](C)c1ncc(-c2ccc(-c3ccc(-c4nc(C5CCCC5)[nH]c4C(F)(F)F)cc3)cc2)[nH]1. The van der Waals surface area contributed by atoms with Gasteiger partial charge >= 0.3 is 6.18 Å². The lowest BCUT2D eigenvalue weighted by Crippen LogP contribution is -2.13. The fourth-order valence-electron chi connectivity index (χ4n) is 4.70. The Bertz CT molecular complexity index is 1280. The Hall–Kier alpha value is -3.39. The second-order valence-corrected chi connectivity index (χ2v) is 9.17. The standard InChI is InChI=1S/C27H28F3N5/c1-16(31-2)25-32-15-22(33-25)19-11-7-17(8-12-19)18-9-13-20(14-10-18)23-24(27(28,29)30)35-26(34-23)21-5-3-4-6-21/h7-16,21,31H,3-6H2,1-2H3,(H,32,33)(H,34,35)/t16-/m0/s1. The zero-order valence-electron chi connectivity index (χ0n) is 19.7. The molecule has 4 aromatic rings. The van der Waals surface area contributed by atoms with Gasteiger partial charge < -0.3 is 15.3 Å². The number of alkyl halides is 3. The molecule has 0 saturated heterocycles. The first-order valence-corrected chi connectivity index (χ1v) is 11.9. The lowest BCUT2D eigenvalue weighted by atomic mass is 10.0. The van der Waals surface area contributed by atoms with Gasteiger partial charge in [-0.3, -0.25) is 0 Å². The van der Waals surface area contributed by atoms with E-state index in [9.17, 15) is 13.2 Å². The Labute approximate surface area is 202 Å². The number of H-pyrrole nitrogens is 2. The van der Waals surface area contributed by atoms with Crippen molar-refractivity contribution in [2.24, 2.45) is 0 Å². The van der Waals surface area contributed by atoms with Gasteiger partial charge in [-0.25, -0.2) is 9.97 Å². The van der Waals surface area contributed by atoms with E-state index in [-0.39, 0.29) is 17.7 Å². The zero-order valence-corrected chi connectivity index (χ0v) is 19.7. The summed E-state index contributed by atoms with van der Waals surface area (Å²) in [5.41, 5.74) is 3.53. The van der Waals surface area contributed by atoms with Crippen LogP contribution in [0.4, 0.5) is 13.2 Å². The summed E-state index contributed by atoms with van der Waals surface area (Å²) < 4.78 is 41.2. The van der Waals surface area contributed by atoms with Gasteiger partial charge in [-0.15, -0.1) is 0 Å². The lowest BCUT2D eigenvalue weighted by Gasteiger charge is -2.08. The van der Waals surface area contributed by atoms with Crippen molar-refractivity contribution in [3.63, 3.8) is 0 Å². The summed E-state index contributed by atoms with van der Waals surface area (Å²) >= 11 is 0. The highest BCUT2D eigenvalue weighted by Crippen LogP contribution is 2.40. The van der Waals surface area contributed by atoms with Gasteiger partial charge in [-0.05, 0) is 43.5 Å². The summed E-state index contributed by atoms with van der Waals surface area (Å²) in [6.45, 7) is 2.03. The van der Waals surface area contributed by atoms with Crippen LogP contribution in [0.1, 0.15) is 61.9 Å². The van der Waals surface area contributed by atoms with E-state index in [1.807, 2.05) is 56.6 Å². The third-order valence-corrected chi connectivity index (χ3v) is 6.87. The smallest absolute Gasteiger partial charge is 0.341 e. The Morgan fingerprint density at radius 3 is 2.03 bits per heavy atom. The molecule has 2 heterocycles. The molecule has 0 amide bonds. The number of benzene rings is 2. The maximum absolute atomic E-state index is 13.7. The van der Waals surface area contributed by atoms with E-state index in [1.165, 1.54) is 0 Å². The number of nitrogens with one attached hydrogen (secondary N) is 3. The summed E-state index contributed by atoms with van der Waals surface area (Å²) in [6.07, 6.45) is 1.17. The molecule has 5 nitrogen and oxygen atoms in total. The molecule has 0 spiro atoms. The molecule has 0 radical (unpaired) electrons. The van der Waals surface area contributed by atoms with E-state index in [0.717, 1.165) is 53.9 Å². The van der Waals surface area contributed by atoms with Gasteiger partial charge in [0, 0.05) is 11.5 Å². The summed E-state index contributed by atoms with van der Waals surface area (Å²) in [6, 6.07) is 15.3. The van der Waals surface area contributed by atoms with Crippen LogP contribution in [0, 0.1) is 0 Å². The highest BCUT2D eigenvalue weighted by atomic mass is 19.4. The van der Waals surface area contributed by atoms with Crippen LogP contribution < -0.4 is 5.32 Å². The molecule has 2 aromatic carbocycles. The third-order valence-electron chi connectivity index (χ3n) is 6.87. The number of hydrogen-bond donors (Lipinski definition) is 3. The largest absolute Gasteiger partial charge is 0.433 e. The molecule has 0 unspecified atom stereocenters. The van der Waals surface area contributed by atoms with Crippen molar-refractivity contribution in [1.29, 1.82) is 0 Å². The van der Waals surface area contributed by atoms with Crippen molar-refractivity contribution in [2.75, 3.05) is 7.05 Å². The van der Waals surface area contributed by atoms with Crippen molar-refractivity contribution in [2.45, 2.75) is 50.7 Å². The van der Waals surface area contributed by atoms with Gasteiger partial charge in [-0.1, -0.05) is 61.4 Å². The van der Waals surface area contributed by atoms with Gasteiger partial charge in [0.2, 0.25) is 0 Å². The van der Waals surface area contributed by atoms with E-state index in [1.54, 1.807) is 12.1 Å². The number of hydrogen-bond acceptors (Lipinski definition) is 3. The van der Waals surface area contributed by atoms with Crippen LogP contribution in [-0.4, -0.2) is 27.0 Å². The van der Waals surface area contributed by atoms with E-state index in [2.05, 4.69) is 25.3 Å². The van der Waals surface area contributed by atoms with Crippen LogP contribution in [0.25, 0.3) is 33.6 Å². The molecule has 3 N–H and O–H groups in total. The summed E-state index contributed by atoms with van der Waals surface area (Å²) in [5, 5.41) is 3.16. The molecule has 2 aromatic heterocycles. The first kappa shape index (κ1) is 23.4. The second kappa shape index (κ2) is 9.34. The van der Waals surface area contributed by atoms with E-state index < -0.39 is 11.9 Å². The monoisotopic (exact) mass is 479 g/mol. The highest BCUT2D eigenvalue weighted by Gasteiger charge is 2.38. The van der Waals surface area contributed by atoms with E-state index >= 15 is 0 Å². The van der Waals surface area contributed by atoms with Crippen LogP contribution in [0.15, 0.2) is 54.7 Å². The van der Waals surface area contributed by atoms with E-state index in [0.29, 0.717) is 11.4 Å². The Kier molecular flexibility index (Phi) is 6.23. The van der Waals surface area contributed by atoms with Crippen LogP contribution >= 0.6 is 0 Å². The highest BCUT2D eigenvalue weighted by molar-refractivity contribution is 5.72. The molecular weight excluding hydrogens is 451 g/mol. The van der Waals surface area contributed by atoms with Gasteiger partial charge in [0.15, 0.2) is 0 Å². The van der Waals surface area contributed by atoms with Crippen molar-refractivity contribution >= 4 is 0 Å². The third kappa shape index (κ3) is 4.75. The molecule has 1 fully saturated rings. The summed E-state index contributed by atoms with van der Waals surface area (Å²) in [4.78, 5) is 14.8. The first-order valence-electron chi connectivity index (χ1n) is 11.9. The minimum absolute atomic E-state index is 0.0212. The molecule has 35 heavy (non-hydrogen) atoms. The fraction of sp³-hybridized carbons (Fsp3) is 0.333. The second-order valence-electron chi connectivity index (χ2n) is 9.17. The number of aromatic nitrogens is 4. The van der Waals surface area contributed by atoms with Crippen LogP contribution in [-0.2, 0) is 6.18 Å². The maximum atomic E-state index is 13.7. The average Bonchev–Trinajstić information content (AvgIpc) is 3.63. The number of nitrogens with zero attached hydrogens (tertiary/aromatic N) is 2. The van der Waals surface area contributed by atoms with Gasteiger partial charge in [0.1, 0.15) is 23.0 Å². The minimum Gasteiger partial charge on any atom is -0.341 e. The Morgan fingerprint density at radius 2 is 1.46 bits per heavy atom. The van der Waals surface area contributed by atoms with Crippen LogP contribution in [0.3, 0.4) is 0 Å². The van der Waals surface area contributed by atoms with Gasteiger partial charge in [0.05, 0.1) is 17.9 Å². The Balaban J connectivity index is 1.39. The van der Waals surface area contributed by atoms with Crippen molar-refractivity contribution in [3.05, 3.63) is 72.1 Å². The molecule has 1 saturated carbocycles. The topological polar surface area (TPSA) is 69.4 Å². The predicted octanol–water partition coefficient (Wildman–Crippen LogP) is 7.09. The molecule has 0 aliphatic heterocycles. The number of halogens is 3. The molecule has 8 heteroatoms. The van der Waals surface area contributed by atoms with Gasteiger partial charge in [-0.2, -0.15) is 13.2 Å². The minimum atomic E-state index is -4.48. The Morgan fingerprint density at radius 1 is 0.886 bits per heavy atom. The van der Waals surface area contributed by atoms with Crippen molar-refractivity contribution < 1.29 is 13.2 Å². The quantitative estimate of drug-likeness (QED) is 0.276. The zero-order chi connectivity index (χ0) is 24.6. The molecule has 1 aliphatic carbocycles. The fourth-order valence-corrected chi connectivity index (χ4v) is 4.70. The molecular formula is C27H28F3N5. The average molecular weight is 480 g/mol. The van der Waals surface area contributed by atoms with Crippen molar-refractivity contribution in [1.82, 2.24) is 25.3 Å². The van der Waals surface area contributed by atoms with Crippen LogP contribution in [0.2, 0.25) is 0 Å². The normalized spacial score (nSPS) is 15.6. The maximum Gasteiger partial charge on any atom is 0.433 e. The number of aromatic amines is 2. The first-order chi connectivity index (χ1) is 16.8. The molecule has 1 aliphatic rings. The predicted molar refractivity (Wildman–Crippen MR) is 131 cm³/mol. The number of rotatable bonds is 6. The molecule has 182 valence electrons. The van der Waals surface area contributed by atoms with Crippen LogP contribution in [0.5, 0.6) is 0 Å². The van der Waals surface area contributed by atoms with Crippen molar-refractivity contribution in [3.8, 4) is 33.6 Å². The molecule has 1 atom stereocenters. The number of imidazole rings is 2. The van der Waals surface area contributed by atoms with Gasteiger partial charge in [0.25, 0.3) is 0 Å². The lowest BCUT2D eigenvalue weighted by molar-refractivity contribution is -0.140. The summed E-state index contributed by atoms with van der Waals surface area (Å²) in [5.74, 6) is 1.40. The molecule has 0 bridgehead atoms. The summed E-state index contributed by atoms with van der Waals surface area (Å²) in [7, 11) is 1.89.